The van der Waals surface area contributed by atoms with E-state index in [1.807, 2.05) is 38.1 Å². The van der Waals surface area contributed by atoms with Crippen LogP contribution >= 0.6 is 0 Å². The van der Waals surface area contributed by atoms with Crippen LogP contribution in [0, 0.1) is 17.0 Å². The van der Waals surface area contributed by atoms with Crippen LogP contribution in [0.2, 0.25) is 0 Å². The van der Waals surface area contributed by atoms with Gasteiger partial charge >= 0.3 is 0 Å². The third kappa shape index (κ3) is 5.54. The number of amides is 1. The number of nitrogens with one attached hydrogen (secondary N) is 1. The Morgan fingerprint density at radius 3 is 2.34 bits per heavy atom. The summed E-state index contributed by atoms with van der Waals surface area (Å²) in [6.07, 6.45) is 1.59. The molecule has 8 nitrogen and oxygen atoms in total. The molecule has 1 N–H and O–H groups in total. The van der Waals surface area contributed by atoms with Gasteiger partial charge in [0, 0.05) is 12.1 Å². The van der Waals surface area contributed by atoms with Crippen molar-refractivity contribution in [2.75, 3.05) is 10.6 Å². The summed E-state index contributed by atoms with van der Waals surface area (Å²) in [6.45, 7) is 5.34. The van der Waals surface area contributed by atoms with Gasteiger partial charge in [-0.05, 0) is 31.9 Å². The van der Waals surface area contributed by atoms with E-state index in [1.54, 1.807) is 0 Å². The first kappa shape index (κ1) is 22.4. The molecule has 0 aliphatic carbocycles. The van der Waals surface area contributed by atoms with Gasteiger partial charge < -0.3 is 5.32 Å². The molecule has 2 atom stereocenters. The predicted molar refractivity (Wildman–Crippen MR) is 112 cm³/mol. The Labute approximate surface area is 170 Å². The largest absolute Gasteiger partial charge is 0.347 e. The van der Waals surface area contributed by atoms with Gasteiger partial charge in [-0.3, -0.25) is 19.2 Å². The standard InChI is InChI=1S/C20H25N3O5S/c1-5-19(16-11-9-14(2)10-12-16)21-20(24)15(3)22(29(4,27)28)17-7-6-8-18(13-17)23(25)26/h6-13,15,19H,5H2,1-4H3,(H,21,24)/t15-,19-/m0/s1. The quantitative estimate of drug-likeness (QED) is 0.521. The van der Waals surface area contributed by atoms with Crippen LogP contribution in [-0.2, 0) is 14.8 Å². The number of nitro groups is 1. The van der Waals surface area contributed by atoms with Gasteiger partial charge in [0.15, 0.2) is 0 Å². The molecule has 2 aromatic rings. The van der Waals surface area contributed by atoms with E-state index >= 15 is 0 Å². The lowest BCUT2D eigenvalue weighted by Gasteiger charge is -2.29. The molecule has 156 valence electrons. The van der Waals surface area contributed by atoms with Crippen LogP contribution in [-0.4, -0.2) is 31.5 Å². The minimum Gasteiger partial charge on any atom is -0.347 e. The van der Waals surface area contributed by atoms with Crippen LogP contribution in [0.3, 0.4) is 0 Å². The molecule has 0 aromatic heterocycles. The van der Waals surface area contributed by atoms with E-state index in [1.165, 1.54) is 25.1 Å². The van der Waals surface area contributed by atoms with Crippen molar-refractivity contribution in [3.63, 3.8) is 0 Å². The van der Waals surface area contributed by atoms with Gasteiger partial charge in [0.1, 0.15) is 6.04 Å². The zero-order chi connectivity index (χ0) is 21.8. The van der Waals surface area contributed by atoms with Crippen LogP contribution in [0.5, 0.6) is 0 Å². The van der Waals surface area contributed by atoms with Crippen molar-refractivity contribution in [1.29, 1.82) is 0 Å². The molecule has 0 fully saturated rings. The highest BCUT2D eigenvalue weighted by atomic mass is 32.2. The molecule has 0 unspecified atom stereocenters. The normalized spacial score (nSPS) is 13.4. The summed E-state index contributed by atoms with van der Waals surface area (Å²) >= 11 is 0. The Kier molecular flexibility index (Phi) is 6.97. The molecule has 9 heteroatoms. The van der Waals surface area contributed by atoms with Crippen molar-refractivity contribution in [2.45, 2.75) is 39.3 Å². The number of hydrogen-bond acceptors (Lipinski definition) is 5. The highest BCUT2D eigenvalue weighted by molar-refractivity contribution is 7.92. The van der Waals surface area contributed by atoms with Crippen LogP contribution in [0.15, 0.2) is 48.5 Å². The van der Waals surface area contributed by atoms with E-state index in [-0.39, 0.29) is 17.4 Å². The first-order valence-electron chi connectivity index (χ1n) is 9.15. The Morgan fingerprint density at radius 2 is 1.83 bits per heavy atom. The smallest absolute Gasteiger partial charge is 0.271 e. The number of hydrogen-bond donors (Lipinski definition) is 1. The number of carbonyl (C=O) groups excluding carboxylic acids is 1. The van der Waals surface area contributed by atoms with E-state index in [4.69, 9.17) is 0 Å². The molecule has 29 heavy (non-hydrogen) atoms. The van der Waals surface area contributed by atoms with Crippen molar-refractivity contribution < 1.29 is 18.1 Å². The van der Waals surface area contributed by atoms with Crippen molar-refractivity contribution in [3.05, 3.63) is 69.8 Å². The summed E-state index contributed by atoms with van der Waals surface area (Å²) in [7, 11) is -3.87. The Balaban J connectivity index is 2.32. The van der Waals surface area contributed by atoms with Crippen LogP contribution in [0.4, 0.5) is 11.4 Å². The van der Waals surface area contributed by atoms with Crippen LogP contribution in [0.25, 0.3) is 0 Å². The second-order valence-corrected chi connectivity index (χ2v) is 8.75. The van der Waals surface area contributed by atoms with E-state index in [9.17, 15) is 23.3 Å². The number of nitrogens with zero attached hydrogens (tertiary/aromatic N) is 2. The molecular weight excluding hydrogens is 394 g/mol. The molecule has 2 rings (SSSR count). The maximum atomic E-state index is 12.9. The SMILES string of the molecule is CC[C@H](NC(=O)[C@H](C)N(c1cccc([N+](=O)[O-])c1)S(C)(=O)=O)c1ccc(C)cc1. The average molecular weight is 420 g/mol. The summed E-state index contributed by atoms with van der Waals surface area (Å²) in [6, 6.07) is 11.6. The van der Waals surface area contributed by atoms with Crippen molar-refractivity contribution in [1.82, 2.24) is 5.32 Å². The van der Waals surface area contributed by atoms with Gasteiger partial charge in [-0.1, -0.05) is 42.8 Å². The summed E-state index contributed by atoms with van der Waals surface area (Å²) in [4.78, 5) is 23.3. The fourth-order valence-corrected chi connectivity index (χ4v) is 4.23. The number of non-ortho nitro benzene ring substituents is 1. The summed E-state index contributed by atoms with van der Waals surface area (Å²) in [5, 5.41) is 13.9. The third-order valence-electron chi connectivity index (χ3n) is 4.59. The number of sulfonamides is 1. The summed E-state index contributed by atoms with van der Waals surface area (Å²) < 4.78 is 25.7. The van der Waals surface area contributed by atoms with Gasteiger partial charge in [-0.15, -0.1) is 0 Å². The zero-order valence-electron chi connectivity index (χ0n) is 16.8. The van der Waals surface area contributed by atoms with Crippen LogP contribution in [0.1, 0.15) is 37.4 Å². The fraction of sp³-hybridized carbons (Fsp3) is 0.350. The molecule has 1 amide bonds. The van der Waals surface area contributed by atoms with Crippen molar-refractivity contribution in [2.24, 2.45) is 0 Å². The molecule has 0 radical (unpaired) electrons. The monoisotopic (exact) mass is 419 g/mol. The second-order valence-electron chi connectivity index (χ2n) is 6.89. The van der Waals surface area contributed by atoms with Gasteiger partial charge in [0.25, 0.3) is 5.69 Å². The Bertz CT molecular complexity index is 989. The van der Waals surface area contributed by atoms with Crippen molar-refractivity contribution >= 4 is 27.3 Å². The lowest BCUT2D eigenvalue weighted by molar-refractivity contribution is -0.384. The maximum Gasteiger partial charge on any atom is 0.271 e. The van der Waals surface area contributed by atoms with Gasteiger partial charge in [0.2, 0.25) is 15.9 Å². The highest BCUT2D eigenvalue weighted by Gasteiger charge is 2.31. The summed E-state index contributed by atoms with van der Waals surface area (Å²) in [5.41, 5.74) is 1.82. The van der Waals surface area contributed by atoms with E-state index < -0.39 is 26.9 Å². The average Bonchev–Trinajstić information content (AvgIpc) is 2.66. The number of carbonyl (C=O) groups is 1. The molecule has 0 spiro atoms. The minimum atomic E-state index is -3.87. The zero-order valence-corrected chi connectivity index (χ0v) is 17.6. The Morgan fingerprint density at radius 1 is 1.21 bits per heavy atom. The Hall–Kier alpha value is -2.94. The predicted octanol–water partition coefficient (Wildman–Crippen LogP) is 3.33. The molecular formula is C20H25N3O5S. The number of anilines is 1. The molecule has 0 saturated carbocycles. The number of aryl methyl sites for hydroxylation is 1. The third-order valence-corrected chi connectivity index (χ3v) is 5.83. The van der Waals surface area contributed by atoms with Gasteiger partial charge in [-0.25, -0.2) is 8.42 Å². The minimum absolute atomic E-state index is 0.0627. The van der Waals surface area contributed by atoms with Gasteiger partial charge in [-0.2, -0.15) is 0 Å². The lowest BCUT2D eigenvalue weighted by Crippen LogP contribution is -2.48. The second kappa shape index (κ2) is 9.04. The van der Waals surface area contributed by atoms with E-state index in [0.717, 1.165) is 27.8 Å². The van der Waals surface area contributed by atoms with Crippen molar-refractivity contribution in [3.8, 4) is 0 Å². The molecule has 0 heterocycles. The lowest BCUT2D eigenvalue weighted by atomic mass is 10.0. The first-order chi connectivity index (χ1) is 13.5. The number of rotatable bonds is 8. The van der Waals surface area contributed by atoms with E-state index in [2.05, 4.69) is 5.32 Å². The first-order valence-corrected chi connectivity index (χ1v) is 11.0. The highest BCUT2D eigenvalue weighted by Crippen LogP contribution is 2.26. The summed E-state index contributed by atoms with van der Waals surface area (Å²) in [5.74, 6) is -0.491. The maximum absolute atomic E-state index is 12.9. The molecule has 0 saturated heterocycles. The molecule has 0 aliphatic rings. The van der Waals surface area contributed by atoms with Crippen LogP contribution < -0.4 is 9.62 Å². The number of nitro benzene ring substituents is 1. The fourth-order valence-electron chi connectivity index (χ4n) is 3.06. The molecule has 2 aromatic carbocycles. The van der Waals surface area contributed by atoms with E-state index in [0.29, 0.717) is 6.42 Å². The number of benzene rings is 2. The topological polar surface area (TPSA) is 110 Å². The van der Waals surface area contributed by atoms with Gasteiger partial charge in [0.05, 0.1) is 22.9 Å². The molecule has 0 bridgehead atoms. The molecule has 0 aliphatic heterocycles.